The van der Waals surface area contributed by atoms with Crippen LogP contribution in [-0.2, 0) is 4.79 Å². The van der Waals surface area contributed by atoms with E-state index in [2.05, 4.69) is 30.5 Å². The molecule has 0 amide bonds. The van der Waals surface area contributed by atoms with Crippen LogP contribution in [0.1, 0.15) is 25.7 Å². The lowest BCUT2D eigenvalue weighted by molar-refractivity contribution is -0.124. The van der Waals surface area contributed by atoms with Gasteiger partial charge in [0.05, 0.1) is 6.04 Å². The highest BCUT2D eigenvalue weighted by Gasteiger charge is 2.25. The third kappa shape index (κ3) is 4.06. The molecule has 1 atom stereocenters. The first-order valence-electron chi connectivity index (χ1n) is 6.17. The molecule has 92 valence electrons. The average molecular weight is 224 g/mol. The zero-order valence-electron chi connectivity index (χ0n) is 10.6. The van der Waals surface area contributed by atoms with Crippen molar-refractivity contribution in [3.63, 3.8) is 0 Å². The molecule has 0 saturated carbocycles. The normalized spacial score (nSPS) is 24.0. The van der Waals surface area contributed by atoms with Crippen molar-refractivity contribution < 1.29 is 4.79 Å². The Morgan fingerprint density at radius 3 is 2.88 bits per heavy atom. The highest BCUT2D eigenvalue weighted by molar-refractivity contribution is 5.84. The van der Waals surface area contributed by atoms with Crippen LogP contribution in [0.3, 0.4) is 0 Å². The molecule has 3 heteroatoms. The summed E-state index contributed by atoms with van der Waals surface area (Å²) in [4.78, 5) is 16.6. The summed E-state index contributed by atoms with van der Waals surface area (Å²) in [6.07, 6.45) is 5.61. The van der Waals surface area contributed by atoms with Crippen molar-refractivity contribution in [2.75, 3.05) is 33.7 Å². The summed E-state index contributed by atoms with van der Waals surface area (Å²) in [6.45, 7) is 6.69. The SMILES string of the molecule is C=CCCCC(=O)C1CN(C)CCCN1C. The summed E-state index contributed by atoms with van der Waals surface area (Å²) < 4.78 is 0. The summed E-state index contributed by atoms with van der Waals surface area (Å²) in [5.41, 5.74) is 0. The van der Waals surface area contributed by atoms with Crippen molar-refractivity contribution in [1.82, 2.24) is 9.80 Å². The lowest BCUT2D eigenvalue weighted by Crippen LogP contribution is -2.43. The number of nitrogens with zero attached hydrogens (tertiary/aromatic N) is 2. The van der Waals surface area contributed by atoms with Crippen LogP contribution in [-0.4, -0.2) is 55.4 Å². The van der Waals surface area contributed by atoms with Crippen LogP contribution in [0.2, 0.25) is 0 Å². The molecule has 1 fully saturated rings. The number of ketones is 1. The molecular formula is C13H24N2O. The number of rotatable bonds is 5. The second-order valence-corrected chi connectivity index (χ2v) is 4.76. The van der Waals surface area contributed by atoms with Crippen LogP contribution in [0.4, 0.5) is 0 Å². The number of hydrogen-bond acceptors (Lipinski definition) is 3. The number of carbonyl (C=O) groups excluding carboxylic acids is 1. The summed E-state index contributed by atoms with van der Waals surface area (Å²) in [6, 6.07) is 0.0947. The second kappa shape index (κ2) is 6.81. The summed E-state index contributed by atoms with van der Waals surface area (Å²) in [5.74, 6) is 0.387. The lowest BCUT2D eigenvalue weighted by Gasteiger charge is -2.26. The molecule has 0 bridgehead atoms. The van der Waals surface area contributed by atoms with E-state index in [0.717, 1.165) is 38.9 Å². The number of unbranched alkanes of at least 4 members (excludes halogenated alkanes) is 1. The predicted molar refractivity (Wildman–Crippen MR) is 67.6 cm³/mol. The van der Waals surface area contributed by atoms with Crippen molar-refractivity contribution in [3.05, 3.63) is 12.7 Å². The van der Waals surface area contributed by atoms with Gasteiger partial charge in [0.25, 0.3) is 0 Å². The summed E-state index contributed by atoms with van der Waals surface area (Å²) in [5, 5.41) is 0. The zero-order valence-corrected chi connectivity index (χ0v) is 10.6. The largest absolute Gasteiger partial charge is 0.304 e. The molecule has 3 nitrogen and oxygen atoms in total. The maximum Gasteiger partial charge on any atom is 0.151 e. The number of carbonyl (C=O) groups is 1. The van der Waals surface area contributed by atoms with Crippen LogP contribution in [0.5, 0.6) is 0 Å². The van der Waals surface area contributed by atoms with Gasteiger partial charge in [-0.25, -0.2) is 0 Å². The molecule has 0 aliphatic carbocycles. The van der Waals surface area contributed by atoms with Gasteiger partial charge in [-0.3, -0.25) is 9.69 Å². The molecule has 1 aliphatic rings. The first-order chi connectivity index (χ1) is 7.65. The fraction of sp³-hybridized carbons (Fsp3) is 0.769. The van der Waals surface area contributed by atoms with Crippen LogP contribution in [0.25, 0.3) is 0 Å². The second-order valence-electron chi connectivity index (χ2n) is 4.76. The maximum atomic E-state index is 12.1. The molecule has 1 saturated heterocycles. The van der Waals surface area contributed by atoms with Crippen molar-refractivity contribution >= 4 is 5.78 Å². The van der Waals surface area contributed by atoms with E-state index in [1.54, 1.807) is 0 Å². The van der Waals surface area contributed by atoms with Gasteiger partial charge in [0.1, 0.15) is 0 Å². The molecule has 0 N–H and O–H groups in total. The van der Waals surface area contributed by atoms with Gasteiger partial charge in [-0.1, -0.05) is 6.08 Å². The van der Waals surface area contributed by atoms with Crippen LogP contribution in [0, 0.1) is 0 Å². The fourth-order valence-electron chi connectivity index (χ4n) is 2.21. The topological polar surface area (TPSA) is 23.6 Å². The van der Waals surface area contributed by atoms with Gasteiger partial charge in [0, 0.05) is 13.0 Å². The number of Topliss-reactive ketones (excluding diaryl/α,β-unsaturated/α-hetero) is 1. The van der Waals surface area contributed by atoms with Crippen LogP contribution < -0.4 is 0 Å². The summed E-state index contributed by atoms with van der Waals surface area (Å²) >= 11 is 0. The lowest BCUT2D eigenvalue weighted by atomic mass is 10.1. The Morgan fingerprint density at radius 1 is 1.44 bits per heavy atom. The minimum absolute atomic E-state index is 0.0947. The Kier molecular flexibility index (Phi) is 5.71. The Morgan fingerprint density at radius 2 is 2.19 bits per heavy atom. The molecule has 0 radical (unpaired) electrons. The van der Waals surface area contributed by atoms with E-state index in [1.165, 1.54) is 0 Å². The van der Waals surface area contributed by atoms with Gasteiger partial charge >= 0.3 is 0 Å². The molecule has 0 aromatic rings. The van der Waals surface area contributed by atoms with Crippen molar-refractivity contribution in [3.8, 4) is 0 Å². The third-order valence-electron chi connectivity index (χ3n) is 3.27. The zero-order chi connectivity index (χ0) is 12.0. The van der Waals surface area contributed by atoms with Gasteiger partial charge in [-0.2, -0.15) is 0 Å². The van der Waals surface area contributed by atoms with Gasteiger partial charge in [0.2, 0.25) is 0 Å². The third-order valence-corrected chi connectivity index (χ3v) is 3.27. The van der Waals surface area contributed by atoms with Gasteiger partial charge in [0.15, 0.2) is 5.78 Å². The molecule has 0 spiro atoms. The highest BCUT2D eigenvalue weighted by Crippen LogP contribution is 2.11. The fourth-order valence-corrected chi connectivity index (χ4v) is 2.21. The summed E-state index contributed by atoms with van der Waals surface area (Å²) in [7, 11) is 4.17. The van der Waals surface area contributed by atoms with Gasteiger partial charge in [-0.05, 0) is 46.4 Å². The van der Waals surface area contributed by atoms with Gasteiger partial charge < -0.3 is 4.90 Å². The number of hydrogen-bond donors (Lipinski definition) is 0. The minimum Gasteiger partial charge on any atom is -0.304 e. The molecule has 0 aromatic heterocycles. The Hall–Kier alpha value is -0.670. The average Bonchev–Trinajstić information content (AvgIpc) is 2.41. The Balaban J connectivity index is 2.46. The molecule has 1 heterocycles. The van der Waals surface area contributed by atoms with Crippen LogP contribution >= 0.6 is 0 Å². The Labute approximate surface area is 99.1 Å². The van der Waals surface area contributed by atoms with Crippen LogP contribution in [0.15, 0.2) is 12.7 Å². The van der Waals surface area contributed by atoms with Crippen molar-refractivity contribution in [2.24, 2.45) is 0 Å². The first kappa shape index (κ1) is 13.4. The molecule has 0 aromatic carbocycles. The van der Waals surface area contributed by atoms with E-state index in [0.29, 0.717) is 12.2 Å². The molecule has 16 heavy (non-hydrogen) atoms. The van der Waals surface area contributed by atoms with E-state index in [4.69, 9.17) is 0 Å². The van der Waals surface area contributed by atoms with E-state index in [-0.39, 0.29) is 6.04 Å². The predicted octanol–water partition coefficient (Wildman–Crippen LogP) is 1.55. The van der Waals surface area contributed by atoms with E-state index >= 15 is 0 Å². The minimum atomic E-state index is 0.0947. The van der Waals surface area contributed by atoms with Crippen molar-refractivity contribution in [2.45, 2.75) is 31.7 Å². The quantitative estimate of drug-likeness (QED) is 0.523. The molecular weight excluding hydrogens is 200 g/mol. The molecule has 1 rings (SSSR count). The molecule has 1 unspecified atom stereocenters. The standard InChI is InChI=1S/C13H24N2O/c1-4-5-6-8-13(16)12-11-14(2)9-7-10-15(12)3/h4,12H,1,5-11H2,2-3H3. The van der Waals surface area contributed by atoms with Crippen molar-refractivity contribution in [1.29, 1.82) is 0 Å². The van der Waals surface area contributed by atoms with E-state index in [9.17, 15) is 4.79 Å². The smallest absolute Gasteiger partial charge is 0.151 e. The number of likely N-dealkylation sites (N-methyl/N-ethyl adjacent to an activating group) is 2. The first-order valence-corrected chi connectivity index (χ1v) is 6.17. The number of allylic oxidation sites excluding steroid dienone is 1. The highest BCUT2D eigenvalue weighted by atomic mass is 16.1. The molecule has 1 aliphatic heterocycles. The Bertz CT molecular complexity index is 240. The van der Waals surface area contributed by atoms with Gasteiger partial charge in [-0.15, -0.1) is 6.58 Å². The monoisotopic (exact) mass is 224 g/mol. The maximum absolute atomic E-state index is 12.1. The van der Waals surface area contributed by atoms with E-state index in [1.807, 2.05) is 6.08 Å². The van der Waals surface area contributed by atoms with E-state index < -0.39 is 0 Å².